The van der Waals surface area contributed by atoms with Crippen molar-refractivity contribution in [3.05, 3.63) is 41.0 Å². The van der Waals surface area contributed by atoms with Gasteiger partial charge in [-0.2, -0.15) is 10.4 Å². The Morgan fingerprint density at radius 2 is 2.12 bits per heavy atom. The molecule has 7 nitrogen and oxygen atoms in total. The highest BCUT2D eigenvalue weighted by Gasteiger charge is 2.26. The summed E-state index contributed by atoms with van der Waals surface area (Å²) in [5, 5.41) is 21.5. The molecular formula is C19H23N5O2. The Bertz CT molecular complexity index is 802. The van der Waals surface area contributed by atoms with E-state index in [1.165, 1.54) is 6.26 Å². The second-order valence-electron chi connectivity index (χ2n) is 6.36. The smallest absolute Gasteiger partial charge is 0.289 e. The topological polar surface area (TPSA) is 95.1 Å². The number of aryl methyl sites for hydroxylation is 1. The van der Waals surface area contributed by atoms with Crippen LogP contribution in [0.3, 0.4) is 0 Å². The Labute approximate surface area is 153 Å². The molecule has 2 aromatic rings. The number of nitriles is 1. The summed E-state index contributed by atoms with van der Waals surface area (Å²) >= 11 is 0. The normalized spacial score (nSPS) is 14.9. The van der Waals surface area contributed by atoms with Gasteiger partial charge in [-0.15, -0.1) is 5.10 Å². The zero-order chi connectivity index (χ0) is 18.5. The first-order chi connectivity index (χ1) is 12.7. The molecule has 1 aliphatic rings. The molecule has 1 amide bonds. The monoisotopic (exact) mass is 353 g/mol. The van der Waals surface area contributed by atoms with Crippen molar-refractivity contribution < 1.29 is 9.21 Å². The lowest BCUT2D eigenvalue weighted by Gasteiger charge is -2.32. The minimum Gasteiger partial charge on any atom is -0.459 e. The molecule has 0 spiro atoms. The first kappa shape index (κ1) is 17.9. The lowest BCUT2D eigenvalue weighted by atomic mass is 10.0. The third-order valence-electron chi connectivity index (χ3n) is 4.81. The molecule has 0 saturated carbocycles. The van der Waals surface area contributed by atoms with Crippen molar-refractivity contribution in [2.45, 2.75) is 45.6 Å². The van der Waals surface area contributed by atoms with Crippen LogP contribution in [0.15, 0.2) is 22.8 Å². The van der Waals surface area contributed by atoms with Gasteiger partial charge in [-0.3, -0.25) is 4.79 Å². The standard InChI is InChI=1S/C19H23N5O2/c1-3-14-15(12-20)18(23-22-16(14)4-2)21-13-7-9-24(10-8-13)19(25)17-6-5-11-26-17/h5-6,11,13H,3-4,7-10H2,1-2H3,(H,21,23). The molecular weight excluding hydrogens is 330 g/mol. The van der Waals surface area contributed by atoms with Crippen LogP contribution in [-0.2, 0) is 12.8 Å². The van der Waals surface area contributed by atoms with E-state index in [-0.39, 0.29) is 11.9 Å². The molecule has 1 aliphatic heterocycles. The average molecular weight is 353 g/mol. The Kier molecular flexibility index (Phi) is 5.52. The second-order valence-corrected chi connectivity index (χ2v) is 6.36. The van der Waals surface area contributed by atoms with E-state index in [0.717, 1.165) is 36.9 Å². The molecule has 1 N–H and O–H groups in total. The number of aromatic nitrogens is 2. The Morgan fingerprint density at radius 1 is 1.35 bits per heavy atom. The molecule has 1 fully saturated rings. The molecule has 0 unspecified atom stereocenters. The Balaban J connectivity index is 1.66. The fourth-order valence-electron chi connectivity index (χ4n) is 3.37. The predicted octanol–water partition coefficient (Wildman–Crippen LogP) is 2.78. The highest BCUT2D eigenvalue weighted by Crippen LogP contribution is 2.23. The van der Waals surface area contributed by atoms with Gasteiger partial charge in [0, 0.05) is 19.1 Å². The molecule has 7 heteroatoms. The zero-order valence-electron chi connectivity index (χ0n) is 15.2. The lowest BCUT2D eigenvalue weighted by Crippen LogP contribution is -2.42. The van der Waals surface area contributed by atoms with E-state index in [4.69, 9.17) is 4.42 Å². The van der Waals surface area contributed by atoms with E-state index < -0.39 is 0 Å². The summed E-state index contributed by atoms with van der Waals surface area (Å²) < 4.78 is 5.19. The number of carbonyl (C=O) groups excluding carboxylic acids is 1. The summed E-state index contributed by atoms with van der Waals surface area (Å²) in [5.41, 5.74) is 2.44. The summed E-state index contributed by atoms with van der Waals surface area (Å²) in [7, 11) is 0. The molecule has 0 aromatic carbocycles. The van der Waals surface area contributed by atoms with Crippen molar-refractivity contribution in [3.8, 4) is 6.07 Å². The fraction of sp³-hybridized carbons (Fsp3) is 0.474. The van der Waals surface area contributed by atoms with Crippen LogP contribution in [0.25, 0.3) is 0 Å². The van der Waals surface area contributed by atoms with Crippen LogP contribution in [0, 0.1) is 11.3 Å². The van der Waals surface area contributed by atoms with Crippen LogP contribution < -0.4 is 5.32 Å². The Morgan fingerprint density at radius 3 is 2.69 bits per heavy atom. The molecule has 2 aromatic heterocycles. The maximum absolute atomic E-state index is 12.3. The SMILES string of the molecule is CCc1nnc(NC2CCN(C(=O)c3ccco3)CC2)c(C#N)c1CC. The van der Waals surface area contributed by atoms with E-state index in [1.807, 2.05) is 13.8 Å². The van der Waals surface area contributed by atoms with Crippen molar-refractivity contribution in [1.82, 2.24) is 15.1 Å². The summed E-state index contributed by atoms with van der Waals surface area (Å²) in [6.07, 6.45) is 4.60. The number of amides is 1. The highest BCUT2D eigenvalue weighted by molar-refractivity contribution is 5.91. The van der Waals surface area contributed by atoms with Gasteiger partial charge in [0.25, 0.3) is 5.91 Å². The third-order valence-corrected chi connectivity index (χ3v) is 4.81. The number of furan rings is 1. The van der Waals surface area contributed by atoms with E-state index >= 15 is 0 Å². The van der Waals surface area contributed by atoms with Gasteiger partial charge < -0.3 is 14.6 Å². The minimum atomic E-state index is -0.0773. The van der Waals surface area contributed by atoms with Crippen molar-refractivity contribution in [1.29, 1.82) is 5.26 Å². The number of anilines is 1. The van der Waals surface area contributed by atoms with Gasteiger partial charge in [0.15, 0.2) is 11.6 Å². The summed E-state index contributed by atoms with van der Waals surface area (Å²) in [4.78, 5) is 14.1. The Hall–Kier alpha value is -2.88. The predicted molar refractivity (Wildman–Crippen MR) is 96.8 cm³/mol. The van der Waals surface area contributed by atoms with Crippen LogP contribution in [0.1, 0.15) is 54.1 Å². The highest BCUT2D eigenvalue weighted by atomic mass is 16.3. The zero-order valence-corrected chi connectivity index (χ0v) is 15.2. The van der Waals surface area contributed by atoms with E-state index in [2.05, 4.69) is 21.6 Å². The number of rotatable bonds is 5. The molecule has 136 valence electrons. The summed E-state index contributed by atoms with van der Waals surface area (Å²) in [5.74, 6) is 0.848. The van der Waals surface area contributed by atoms with Gasteiger partial charge in [0.2, 0.25) is 0 Å². The second kappa shape index (κ2) is 8.00. The first-order valence-electron chi connectivity index (χ1n) is 9.05. The van der Waals surface area contributed by atoms with Gasteiger partial charge in [-0.05, 0) is 43.4 Å². The summed E-state index contributed by atoms with van der Waals surface area (Å²) in [6, 6.07) is 5.85. The number of hydrogen-bond acceptors (Lipinski definition) is 6. The average Bonchev–Trinajstić information content (AvgIpc) is 3.22. The van der Waals surface area contributed by atoms with Crippen molar-refractivity contribution >= 4 is 11.7 Å². The van der Waals surface area contributed by atoms with Gasteiger partial charge in [0.1, 0.15) is 11.6 Å². The van der Waals surface area contributed by atoms with E-state index in [0.29, 0.717) is 30.2 Å². The van der Waals surface area contributed by atoms with E-state index in [9.17, 15) is 10.1 Å². The quantitative estimate of drug-likeness (QED) is 0.888. The number of carbonyl (C=O) groups is 1. The fourth-order valence-corrected chi connectivity index (χ4v) is 3.37. The number of piperidine rings is 1. The van der Waals surface area contributed by atoms with Crippen LogP contribution in [0.4, 0.5) is 5.82 Å². The molecule has 0 atom stereocenters. The van der Waals surface area contributed by atoms with Crippen LogP contribution in [-0.4, -0.2) is 40.1 Å². The largest absolute Gasteiger partial charge is 0.459 e. The minimum absolute atomic E-state index is 0.0773. The number of likely N-dealkylation sites (tertiary alicyclic amines) is 1. The molecule has 0 aliphatic carbocycles. The van der Waals surface area contributed by atoms with Gasteiger partial charge in [-0.25, -0.2) is 0 Å². The molecule has 3 heterocycles. The molecule has 0 bridgehead atoms. The summed E-state index contributed by atoms with van der Waals surface area (Å²) in [6.45, 7) is 5.32. The number of nitrogens with one attached hydrogen (secondary N) is 1. The number of nitrogens with zero attached hydrogens (tertiary/aromatic N) is 4. The van der Waals surface area contributed by atoms with Gasteiger partial charge in [0.05, 0.1) is 12.0 Å². The van der Waals surface area contributed by atoms with Crippen LogP contribution >= 0.6 is 0 Å². The van der Waals surface area contributed by atoms with Crippen molar-refractivity contribution in [3.63, 3.8) is 0 Å². The van der Waals surface area contributed by atoms with Crippen molar-refractivity contribution in [2.24, 2.45) is 0 Å². The van der Waals surface area contributed by atoms with Crippen molar-refractivity contribution in [2.75, 3.05) is 18.4 Å². The van der Waals surface area contributed by atoms with Gasteiger partial charge >= 0.3 is 0 Å². The maximum atomic E-state index is 12.3. The van der Waals surface area contributed by atoms with Gasteiger partial charge in [-0.1, -0.05) is 13.8 Å². The molecule has 3 rings (SSSR count). The first-order valence-corrected chi connectivity index (χ1v) is 9.05. The van der Waals surface area contributed by atoms with Crippen LogP contribution in [0.2, 0.25) is 0 Å². The lowest BCUT2D eigenvalue weighted by molar-refractivity contribution is 0.0686. The van der Waals surface area contributed by atoms with Crippen LogP contribution in [0.5, 0.6) is 0 Å². The molecule has 26 heavy (non-hydrogen) atoms. The molecule has 0 radical (unpaired) electrons. The van der Waals surface area contributed by atoms with E-state index in [1.54, 1.807) is 17.0 Å². The molecule has 1 saturated heterocycles. The maximum Gasteiger partial charge on any atom is 0.289 e. The number of hydrogen-bond donors (Lipinski definition) is 1. The third kappa shape index (κ3) is 3.54.